The Bertz CT molecular complexity index is 430. The minimum atomic E-state index is -0.842. The summed E-state index contributed by atoms with van der Waals surface area (Å²) in [5.74, 6) is -0.445. The molecule has 6 heteroatoms. The quantitative estimate of drug-likeness (QED) is 0.612. The van der Waals surface area contributed by atoms with E-state index in [0.29, 0.717) is 18.9 Å². The van der Waals surface area contributed by atoms with Crippen LogP contribution in [0.25, 0.3) is 0 Å². The Kier molecular flexibility index (Phi) is 7.82. The van der Waals surface area contributed by atoms with Crippen molar-refractivity contribution in [3.63, 3.8) is 0 Å². The first kappa shape index (κ1) is 17.5. The van der Waals surface area contributed by atoms with Crippen LogP contribution in [0.4, 0.5) is 4.79 Å². The maximum atomic E-state index is 12.0. The van der Waals surface area contributed by atoms with Gasteiger partial charge in [-0.05, 0) is 23.8 Å². The van der Waals surface area contributed by atoms with Crippen molar-refractivity contribution < 1.29 is 14.7 Å². The van der Waals surface area contributed by atoms with Crippen LogP contribution in [0.5, 0.6) is 0 Å². The van der Waals surface area contributed by atoms with Gasteiger partial charge in [-0.3, -0.25) is 4.79 Å². The van der Waals surface area contributed by atoms with Crippen LogP contribution in [0.1, 0.15) is 50.4 Å². The number of amides is 2. The van der Waals surface area contributed by atoms with Crippen molar-refractivity contribution in [1.82, 2.24) is 10.6 Å². The van der Waals surface area contributed by atoms with Gasteiger partial charge in [-0.15, -0.1) is 11.3 Å². The molecule has 1 unspecified atom stereocenters. The number of rotatable bonds is 9. The number of nitrogens with one attached hydrogen (secondary N) is 2. The SMILES string of the molecule is CCC(CC)C(NC(=O)NCCCC(=O)O)c1cccs1. The Balaban J connectivity index is 2.52. The van der Waals surface area contributed by atoms with Gasteiger partial charge in [0.15, 0.2) is 0 Å². The summed E-state index contributed by atoms with van der Waals surface area (Å²) in [5, 5.41) is 16.3. The molecule has 1 aromatic heterocycles. The molecule has 5 nitrogen and oxygen atoms in total. The van der Waals surface area contributed by atoms with Crippen LogP contribution in [0, 0.1) is 5.92 Å². The summed E-state index contributed by atoms with van der Waals surface area (Å²) < 4.78 is 0. The van der Waals surface area contributed by atoms with Crippen molar-refractivity contribution in [3.05, 3.63) is 22.4 Å². The van der Waals surface area contributed by atoms with E-state index in [4.69, 9.17) is 5.11 Å². The molecule has 1 heterocycles. The maximum Gasteiger partial charge on any atom is 0.315 e. The van der Waals surface area contributed by atoms with Gasteiger partial charge in [0.1, 0.15) is 0 Å². The minimum Gasteiger partial charge on any atom is -0.481 e. The molecule has 2 amide bonds. The van der Waals surface area contributed by atoms with Crippen molar-refractivity contribution in [1.29, 1.82) is 0 Å². The number of hydrogen-bond donors (Lipinski definition) is 3. The predicted octanol–water partition coefficient (Wildman–Crippen LogP) is 3.39. The van der Waals surface area contributed by atoms with E-state index in [2.05, 4.69) is 24.5 Å². The average Bonchev–Trinajstić information content (AvgIpc) is 2.97. The van der Waals surface area contributed by atoms with Crippen LogP contribution in [0.3, 0.4) is 0 Å². The number of hydrogen-bond acceptors (Lipinski definition) is 3. The molecule has 0 aliphatic heterocycles. The van der Waals surface area contributed by atoms with Gasteiger partial charge < -0.3 is 15.7 Å². The zero-order valence-corrected chi connectivity index (χ0v) is 13.4. The molecular weight excluding hydrogens is 288 g/mol. The molecule has 0 bridgehead atoms. The van der Waals surface area contributed by atoms with Crippen molar-refractivity contribution in [2.45, 2.75) is 45.6 Å². The van der Waals surface area contributed by atoms with Crippen LogP contribution in [-0.4, -0.2) is 23.7 Å². The lowest BCUT2D eigenvalue weighted by atomic mass is 9.93. The molecule has 118 valence electrons. The number of urea groups is 1. The zero-order valence-electron chi connectivity index (χ0n) is 12.6. The number of carboxylic acids is 1. The van der Waals surface area contributed by atoms with E-state index in [1.165, 1.54) is 0 Å². The van der Waals surface area contributed by atoms with E-state index < -0.39 is 5.97 Å². The first-order valence-corrected chi connectivity index (χ1v) is 8.26. The topological polar surface area (TPSA) is 78.4 Å². The van der Waals surface area contributed by atoms with Gasteiger partial charge in [0.25, 0.3) is 0 Å². The Morgan fingerprint density at radius 1 is 1.33 bits per heavy atom. The van der Waals surface area contributed by atoms with Crippen LogP contribution in [-0.2, 0) is 4.79 Å². The molecule has 1 rings (SSSR count). The molecule has 0 aliphatic rings. The Morgan fingerprint density at radius 2 is 2.05 bits per heavy atom. The third-order valence-corrected chi connectivity index (χ3v) is 4.46. The van der Waals surface area contributed by atoms with Crippen LogP contribution in [0.15, 0.2) is 17.5 Å². The second-order valence-electron chi connectivity index (χ2n) is 4.97. The van der Waals surface area contributed by atoms with Crippen molar-refractivity contribution in [2.75, 3.05) is 6.54 Å². The molecule has 0 fully saturated rings. The molecule has 0 aliphatic carbocycles. The molecule has 1 atom stereocenters. The Labute approximate surface area is 129 Å². The van der Waals surface area contributed by atoms with E-state index in [-0.39, 0.29) is 18.5 Å². The average molecular weight is 312 g/mol. The molecule has 0 saturated heterocycles. The monoisotopic (exact) mass is 312 g/mol. The lowest BCUT2D eigenvalue weighted by molar-refractivity contribution is -0.137. The molecule has 0 spiro atoms. The van der Waals surface area contributed by atoms with Crippen molar-refractivity contribution >= 4 is 23.3 Å². The Hall–Kier alpha value is -1.56. The molecule has 0 aromatic carbocycles. The standard InChI is InChI=1S/C15H24N2O3S/c1-3-11(4-2)14(12-7-6-10-21-12)17-15(20)16-9-5-8-13(18)19/h6-7,10-11,14H,3-5,8-9H2,1-2H3,(H,18,19)(H2,16,17,20). The molecular formula is C15H24N2O3S. The molecule has 0 saturated carbocycles. The fourth-order valence-electron chi connectivity index (χ4n) is 2.28. The van der Waals surface area contributed by atoms with Gasteiger partial charge in [0.2, 0.25) is 0 Å². The minimum absolute atomic E-state index is 0.0134. The van der Waals surface area contributed by atoms with Gasteiger partial charge in [0, 0.05) is 17.8 Å². The van der Waals surface area contributed by atoms with Gasteiger partial charge in [-0.25, -0.2) is 4.79 Å². The largest absolute Gasteiger partial charge is 0.481 e. The fourth-order valence-corrected chi connectivity index (χ4v) is 3.15. The van der Waals surface area contributed by atoms with E-state index in [1.54, 1.807) is 11.3 Å². The summed E-state index contributed by atoms with van der Waals surface area (Å²) in [6, 6.07) is 3.81. The van der Waals surface area contributed by atoms with E-state index in [0.717, 1.165) is 17.7 Å². The summed E-state index contributed by atoms with van der Waals surface area (Å²) in [6.45, 7) is 4.63. The maximum absolute atomic E-state index is 12.0. The first-order chi connectivity index (χ1) is 10.1. The fraction of sp³-hybridized carbons (Fsp3) is 0.600. The number of carbonyl (C=O) groups is 2. The molecule has 1 aromatic rings. The summed E-state index contributed by atoms with van der Waals surface area (Å²) in [7, 11) is 0. The second kappa shape index (κ2) is 9.39. The van der Waals surface area contributed by atoms with Crippen LogP contribution >= 0.6 is 11.3 Å². The number of thiophene rings is 1. The van der Waals surface area contributed by atoms with Gasteiger partial charge in [0.05, 0.1) is 6.04 Å². The molecule has 0 radical (unpaired) electrons. The number of carbonyl (C=O) groups excluding carboxylic acids is 1. The normalized spacial score (nSPS) is 12.1. The summed E-state index contributed by atoms with van der Waals surface area (Å²) in [4.78, 5) is 23.5. The van der Waals surface area contributed by atoms with E-state index in [9.17, 15) is 9.59 Å². The number of aliphatic carboxylic acids is 1. The highest BCUT2D eigenvalue weighted by molar-refractivity contribution is 7.10. The lowest BCUT2D eigenvalue weighted by Crippen LogP contribution is -2.40. The van der Waals surface area contributed by atoms with Gasteiger partial charge in [-0.1, -0.05) is 32.8 Å². The van der Waals surface area contributed by atoms with Crippen molar-refractivity contribution in [2.24, 2.45) is 5.92 Å². The third kappa shape index (κ3) is 6.16. The third-order valence-electron chi connectivity index (χ3n) is 3.51. The van der Waals surface area contributed by atoms with E-state index in [1.807, 2.05) is 17.5 Å². The van der Waals surface area contributed by atoms with E-state index >= 15 is 0 Å². The molecule has 21 heavy (non-hydrogen) atoms. The van der Waals surface area contributed by atoms with Crippen LogP contribution < -0.4 is 10.6 Å². The molecule has 3 N–H and O–H groups in total. The van der Waals surface area contributed by atoms with Gasteiger partial charge >= 0.3 is 12.0 Å². The number of carboxylic acid groups (broad SMARTS) is 1. The summed E-state index contributed by atoms with van der Waals surface area (Å²) >= 11 is 1.64. The summed E-state index contributed by atoms with van der Waals surface area (Å²) in [6.07, 6.45) is 2.51. The predicted molar refractivity (Wildman–Crippen MR) is 84.5 cm³/mol. The Morgan fingerprint density at radius 3 is 2.57 bits per heavy atom. The lowest BCUT2D eigenvalue weighted by Gasteiger charge is -2.25. The zero-order chi connectivity index (χ0) is 15.7. The first-order valence-electron chi connectivity index (χ1n) is 7.38. The van der Waals surface area contributed by atoms with Crippen molar-refractivity contribution in [3.8, 4) is 0 Å². The summed E-state index contributed by atoms with van der Waals surface area (Å²) in [5.41, 5.74) is 0. The van der Waals surface area contributed by atoms with Crippen LogP contribution in [0.2, 0.25) is 0 Å². The highest BCUT2D eigenvalue weighted by Crippen LogP contribution is 2.30. The second-order valence-corrected chi connectivity index (χ2v) is 5.95. The highest BCUT2D eigenvalue weighted by atomic mass is 32.1. The highest BCUT2D eigenvalue weighted by Gasteiger charge is 2.23. The smallest absolute Gasteiger partial charge is 0.315 e. The van der Waals surface area contributed by atoms with Gasteiger partial charge in [-0.2, -0.15) is 0 Å².